The maximum absolute atomic E-state index is 14.1. The monoisotopic (exact) mass is 506 g/mol. The van der Waals surface area contributed by atoms with Crippen LogP contribution in [0.15, 0.2) is 72.8 Å². The Morgan fingerprint density at radius 2 is 2.05 bits per heavy atom. The van der Waals surface area contributed by atoms with Crippen LogP contribution in [0.1, 0.15) is 51.0 Å². The van der Waals surface area contributed by atoms with Crippen LogP contribution in [0.2, 0.25) is 0 Å². The normalized spacial score (nSPS) is 24.0. The van der Waals surface area contributed by atoms with Crippen molar-refractivity contribution in [2.75, 3.05) is 18.1 Å². The van der Waals surface area contributed by atoms with Crippen molar-refractivity contribution in [2.24, 2.45) is 17.8 Å². The number of fused-ring (bicyclic) bond motifs is 1. The number of rotatable bonds is 7. The molecule has 1 atom stereocenters. The summed E-state index contributed by atoms with van der Waals surface area (Å²) in [7, 11) is 0. The van der Waals surface area contributed by atoms with Crippen LogP contribution in [-0.4, -0.2) is 30.3 Å². The van der Waals surface area contributed by atoms with E-state index < -0.39 is 17.8 Å². The van der Waals surface area contributed by atoms with Crippen molar-refractivity contribution in [1.29, 1.82) is 0 Å². The van der Waals surface area contributed by atoms with Crippen LogP contribution in [0.5, 0.6) is 5.75 Å². The molecule has 2 amide bonds. The Hall–Kier alpha value is -3.61. The molecule has 1 heterocycles. The second-order valence-electron chi connectivity index (χ2n) is 9.86. The highest BCUT2D eigenvalue weighted by Gasteiger charge is 2.29. The third-order valence-corrected chi connectivity index (χ3v) is 7.53. The number of amides is 2. The summed E-state index contributed by atoms with van der Waals surface area (Å²) in [6.07, 6.45) is 16.3. The van der Waals surface area contributed by atoms with Crippen LogP contribution in [0.3, 0.4) is 0 Å². The lowest BCUT2D eigenvalue weighted by atomic mass is 9.72. The Bertz CT molecular complexity index is 1160. The highest BCUT2D eigenvalue weighted by Crippen LogP contribution is 2.40. The smallest absolute Gasteiger partial charge is 0.326 e. The van der Waals surface area contributed by atoms with E-state index in [-0.39, 0.29) is 12.1 Å². The topological polar surface area (TPSA) is 78.9 Å². The zero-order chi connectivity index (χ0) is 26.4. The van der Waals surface area contributed by atoms with Crippen molar-refractivity contribution in [3.05, 3.63) is 78.3 Å². The Balaban J connectivity index is 1.41. The van der Waals surface area contributed by atoms with E-state index >= 15 is 0 Å². The fourth-order valence-electron chi connectivity index (χ4n) is 5.52. The highest BCUT2D eigenvalue weighted by molar-refractivity contribution is 5.96. The van der Waals surface area contributed by atoms with Crippen LogP contribution in [0.25, 0.3) is 5.57 Å². The SMILES string of the molecule is C=CC=C(NC(=O)N1CCOc2cc(C3=CCC(C4CCC(CC(=O)O)CC4)C=C3)ccc21)C(F)=CC. The van der Waals surface area contributed by atoms with Crippen LogP contribution in [-0.2, 0) is 4.79 Å². The molecule has 37 heavy (non-hydrogen) atoms. The number of hydrogen-bond donors (Lipinski definition) is 2. The third-order valence-electron chi connectivity index (χ3n) is 7.53. The van der Waals surface area contributed by atoms with Gasteiger partial charge >= 0.3 is 12.0 Å². The predicted octanol–water partition coefficient (Wildman–Crippen LogP) is 6.78. The van der Waals surface area contributed by atoms with Gasteiger partial charge < -0.3 is 15.2 Å². The Morgan fingerprint density at radius 1 is 1.27 bits per heavy atom. The van der Waals surface area contributed by atoms with Gasteiger partial charge in [-0.15, -0.1) is 0 Å². The molecule has 6 nitrogen and oxygen atoms in total. The number of carbonyl (C=O) groups is 2. The summed E-state index contributed by atoms with van der Waals surface area (Å²) in [5.41, 5.74) is 2.85. The highest BCUT2D eigenvalue weighted by atomic mass is 19.1. The van der Waals surface area contributed by atoms with Gasteiger partial charge in [-0.3, -0.25) is 9.69 Å². The van der Waals surface area contributed by atoms with Gasteiger partial charge in [0.15, 0.2) is 0 Å². The van der Waals surface area contributed by atoms with Gasteiger partial charge in [-0.2, -0.15) is 0 Å². The summed E-state index contributed by atoms with van der Waals surface area (Å²) in [5, 5.41) is 11.7. The van der Waals surface area contributed by atoms with Crippen molar-refractivity contribution in [1.82, 2.24) is 5.32 Å². The number of aliphatic carboxylic acids is 1. The molecule has 0 spiro atoms. The van der Waals surface area contributed by atoms with Crippen LogP contribution < -0.4 is 15.0 Å². The van der Waals surface area contributed by atoms with Crippen molar-refractivity contribution < 1.29 is 23.8 Å². The molecule has 1 unspecified atom stereocenters. The largest absolute Gasteiger partial charge is 0.490 e. The minimum Gasteiger partial charge on any atom is -0.490 e. The molecule has 1 aliphatic heterocycles. The van der Waals surface area contributed by atoms with E-state index in [4.69, 9.17) is 9.84 Å². The predicted molar refractivity (Wildman–Crippen MR) is 144 cm³/mol. The lowest BCUT2D eigenvalue weighted by molar-refractivity contribution is -0.138. The summed E-state index contributed by atoms with van der Waals surface area (Å²) >= 11 is 0. The number of benzene rings is 1. The first-order valence-corrected chi connectivity index (χ1v) is 13.0. The molecule has 0 radical (unpaired) electrons. The second kappa shape index (κ2) is 12.1. The number of carboxylic acid groups (broad SMARTS) is 1. The van der Waals surface area contributed by atoms with Crippen molar-refractivity contribution in [3.63, 3.8) is 0 Å². The fourth-order valence-corrected chi connectivity index (χ4v) is 5.52. The number of carboxylic acids is 1. The number of nitrogens with one attached hydrogen (secondary N) is 1. The second-order valence-corrected chi connectivity index (χ2v) is 9.86. The van der Waals surface area contributed by atoms with Crippen molar-refractivity contribution in [2.45, 2.75) is 45.4 Å². The summed E-state index contributed by atoms with van der Waals surface area (Å²) in [6, 6.07) is 5.38. The van der Waals surface area contributed by atoms with E-state index in [0.29, 0.717) is 42.3 Å². The molecule has 0 aromatic heterocycles. The molecule has 2 aliphatic carbocycles. The quantitative estimate of drug-likeness (QED) is 0.400. The number of hydrogen-bond acceptors (Lipinski definition) is 3. The summed E-state index contributed by atoms with van der Waals surface area (Å²) < 4.78 is 20.0. The zero-order valence-corrected chi connectivity index (χ0v) is 21.3. The molecule has 7 heteroatoms. The molecular formula is C30H35FN2O4. The average Bonchev–Trinajstić information content (AvgIpc) is 2.92. The molecule has 1 saturated carbocycles. The molecule has 2 N–H and O–H groups in total. The average molecular weight is 507 g/mol. The molecule has 0 saturated heterocycles. The number of nitrogens with zero attached hydrogens (tertiary/aromatic N) is 1. The van der Waals surface area contributed by atoms with Crippen molar-refractivity contribution >= 4 is 23.3 Å². The van der Waals surface area contributed by atoms with E-state index in [0.717, 1.165) is 43.2 Å². The van der Waals surface area contributed by atoms with E-state index in [1.165, 1.54) is 18.2 Å². The van der Waals surface area contributed by atoms with Gasteiger partial charge in [-0.25, -0.2) is 9.18 Å². The first-order chi connectivity index (χ1) is 17.9. The van der Waals surface area contributed by atoms with Gasteiger partial charge in [0.05, 0.1) is 17.9 Å². The third kappa shape index (κ3) is 6.40. The van der Waals surface area contributed by atoms with Gasteiger partial charge in [-0.1, -0.05) is 36.9 Å². The number of anilines is 1. The lowest BCUT2D eigenvalue weighted by Crippen LogP contribution is -2.44. The maximum Gasteiger partial charge on any atom is 0.326 e. The van der Waals surface area contributed by atoms with Gasteiger partial charge in [-0.05, 0) is 92.2 Å². The lowest BCUT2D eigenvalue weighted by Gasteiger charge is -2.33. The minimum atomic E-state index is -0.691. The Labute approximate surface area is 217 Å². The number of halogens is 1. The van der Waals surface area contributed by atoms with Gasteiger partial charge in [0, 0.05) is 6.42 Å². The zero-order valence-electron chi connectivity index (χ0n) is 21.3. The van der Waals surface area contributed by atoms with Crippen LogP contribution in [0, 0.1) is 17.8 Å². The summed E-state index contributed by atoms with van der Waals surface area (Å²) in [5.74, 6) is 0.801. The molecule has 0 bridgehead atoms. The molecule has 196 valence electrons. The number of carbonyl (C=O) groups excluding carboxylic acids is 1. The van der Waals surface area contributed by atoms with Gasteiger partial charge in [0.2, 0.25) is 0 Å². The molecule has 1 fully saturated rings. The molecule has 3 aliphatic rings. The number of urea groups is 1. The summed E-state index contributed by atoms with van der Waals surface area (Å²) in [4.78, 5) is 25.5. The van der Waals surface area contributed by atoms with E-state index in [1.54, 1.807) is 11.8 Å². The van der Waals surface area contributed by atoms with E-state index in [1.807, 2.05) is 18.2 Å². The van der Waals surface area contributed by atoms with Crippen LogP contribution >= 0.6 is 0 Å². The van der Waals surface area contributed by atoms with E-state index in [2.05, 4.69) is 30.1 Å². The van der Waals surface area contributed by atoms with E-state index in [9.17, 15) is 14.0 Å². The number of ether oxygens (including phenoxy) is 1. The first-order valence-electron chi connectivity index (χ1n) is 13.0. The van der Waals surface area contributed by atoms with Crippen molar-refractivity contribution in [3.8, 4) is 5.75 Å². The molecule has 1 aromatic carbocycles. The maximum atomic E-state index is 14.1. The Kier molecular flexibility index (Phi) is 8.64. The standard InChI is InChI=1S/C30H35FN2O4/c1-3-5-26(25(31)4-2)32-30(36)33-16-17-37-28-19-24(14-15-27(28)33)23-12-10-22(11-13-23)21-8-6-20(7-9-21)18-29(34)35/h3-5,10,12-15,19-22H,1,6-9,11,16-18H2,2H3,(H,32,36)(H,34,35). The molecule has 1 aromatic rings. The van der Waals surface area contributed by atoms with Gasteiger partial charge in [0.25, 0.3) is 0 Å². The Morgan fingerprint density at radius 3 is 2.70 bits per heavy atom. The summed E-state index contributed by atoms with van der Waals surface area (Å²) in [6.45, 7) is 5.85. The molecule has 4 rings (SSSR count). The fraction of sp³-hybridized carbons (Fsp3) is 0.400. The minimum absolute atomic E-state index is 0.0644. The number of allylic oxidation sites excluding steroid dienone is 8. The van der Waals surface area contributed by atoms with Gasteiger partial charge in [0.1, 0.15) is 18.2 Å². The molecular weight excluding hydrogens is 471 g/mol. The van der Waals surface area contributed by atoms with Crippen LogP contribution in [0.4, 0.5) is 14.9 Å². The first kappa shape index (κ1) is 26.5.